The Morgan fingerprint density at radius 1 is 0.971 bits per heavy atom. The second kappa shape index (κ2) is 10.3. The van der Waals surface area contributed by atoms with Crippen LogP contribution in [0.15, 0.2) is 95.1 Å². The van der Waals surface area contributed by atoms with Crippen molar-refractivity contribution < 1.29 is 18.3 Å². The minimum Gasteiger partial charge on any atom is -0.484 e. The normalized spacial score (nSPS) is 10.8. The van der Waals surface area contributed by atoms with Gasteiger partial charge in [0.25, 0.3) is 5.91 Å². The van der Waals surface area contributed by atoms with Crippen LogP contribution in [0.3, 0.4) is 0 Å². The second-order valence-corrected chi connectivity index (χ2v) is 8.38. The molecule has 2 aromatic heterocycles. The summed E-state index contributed by atoms with van der Waals surface area (Å²) in [5.41, 5.74) is 3.17. The first kappa shape index (κ1) is 22.4. The lowest BCUT2D eigenvalue weighted by molar-refractivity contribution is -0.120. The van der Waals surface area contributed by atoms with E-state index in [1.165, 1.54) is 29.9 Å². The van der Waals surface area contributed by atoms with Crippen molar-refractivity contribution in [2.24, 2.45) is 0 Å². The SMILES string of the molecule is O=C(COc1ccc(-c2nnco2)cc1)N(Cc1ccccc1)c1nc(-c2ccc(F)cc2)cs1. The smallest absolute Gasteiger partial charge is 0.267 e. The quantitative estimate of drug-likeness (QED) is 0.284. The van der Waals surface area contributed by atoms with Gasteiger partial charge < -0.3 is 9.15 Å². The largest absolute Gasteiger partial charge is 0.484 e. The van der Waals surface area contributed by atoms with Crippen molar-refractivity contribution in [3.63, 3.8) is 0 Å². The molecule has 0 aliphatic carbocycles. The molecule has 0 radical (unpaired) electrons. The lowest BCUT2D eigenvalue weighted by atomic mass is 10.2. The number of hydrogen-bond donors (Lipinski definition) is 0. The van der Waals surface area contributed by atoms with Crippen molar-refractivity contribution in [1.29, 1.82) is 0 Å². The number of halogens is 1. The van der Waals surface area contributed by atoms with Gasteiger partial charge >= 0.3 is 0 Å². The molecule has 5 rings (SSSR count). The summed E-state index contributed by atoms with van der Waals surface area (Å²) >= 11 is 1.35. The molecule has 0 N–H and O–H groups in total. The maximum atomic E-state index is 13.3. The van der Waals surface area contributed by atoms with Crippen molar-refractivity contribution >= 4 is 22.4 Å². The highest BCUT2D eigenvalue weighted by molar-refractivity contribution is 7.14. The zero-order chi connectivity index (χ0) is 24.0. The van der Waals surface area contributed by atoms with Crippen LogP contribution in [-0.4, -0.2) is 27.7 Å². The fourth-order valence-electron chi connectivity index (χ4n) is 3.39. The van der Waals surface area contributed by atoms with E-state index >= 15 is 0 Å². The third kappa shape index (κ3) is 5.42. The Hall–Kier alpha value is -4.37. The Balaban J connectivity index is 1.33. The van der Waals surface area contributed by atoms with Crippen LogP contribution >= 0.6 is 11.3 Å². The van der Waals surface area contributed by atoms with Gasteiger partial charge in [0.15, 0.2) is 11.7 Å². The summed E-state index contributed by atoms with van der Waals surface area (Å²) in [4.78, 5) is 19.5. The van der Waals surface area contributed by atoms with Crippen LogP contribution in [0.25, 0.3) is 22.7 Å². The van der Waals surface area contributed by atoms with E-state index in [1.54, 1.807) is 41.3 Å². The Morgan fingerprint density at radius 2 is 1.71 bits per heavy atom. The van der Waals surface area contributed by atoms with Crippen LogP contribution in [0, 0.1) is 5.82 Å². The molecule has 174 valence electrons. The highest BCUT2D eigenvalue weighted by atomic mass is 32.1. The summed E-state index contributed by atoms with van der Waals surface area (Å²) in [5, 5.41) is 9.93. The molecule has 0 spiro atoms. The predicted molar refractivity (Wildman–Crippen MR) is 130 cm³/mol. The van der Waals surface area contributed by atoms with Gasteiger partial charge in [-0.1, -0.05) is 30.3 Å². The van der Waals surface area contributed by atoms with Gasteiger partial charge in [0.1, 0.15) is 11.6 Å². The van der Waals surface area contributed by atoms with Gasteiger partial charge in [0.05, 0.1) is 12.2 Å². The maximum absolute atomic E-state index is 13.3. The van der Waals surface area contributed by atoms with Crippen LogP contribution in [0.5, 0.6) is 5.75 Å². The van der Waals surface area contributed by atoms with Crippen LogP contribution in [0.1, 0.15) is 5.56 Å². The molecule has 0 saturated carbocycles. The standard InChI is InChI=1S/C26H19FN4O3S/c27-21-10-6-19(7-11-21)23-16-35-26(29-23)31(14-18-4-2-1-3-5-18)24(32)15-33-22-12-8-20(9-13-22)25-30-28-17-34-25/h1-13,16-17H,14-15H2. The number of anilines is 1. The van der Waals surface area contributed by atoms with Gasteiger partial charge in [-0.05, 0) is 54.1 Å². The number of ether oxygens (including phenoxy) is 1. The Bertz CT molecular complexity index is 1390. The fourth-order valence-corrected chi connectivity index (χ4v) is 4.24. The third-order valence-electron chi connectivity index (χ3n) is 5.17. The van der Waals surface area contributed by atoms with Gasteiger partial charge in [-0.2, -0.15) is 0 Å². The molecule has 3 aromatic carbocycles. The Labute approximate surface area is 204 Å². The van der Waals surface area contributed by atoms with Crippen molar-refractivity contribution in [2.45, 2.75) is 6.54 Å². The Kier molecular flexibility index (Phi) is 6.58. The molecule has 2 heterocycles. The first-order valence-corrected chi connectivity index (χ1v) is 11.6. The van der Waals surface area contributed by atoms with E-state index in [2.05, 4.69) is 15.2 Å². The molecule has 0 saturated heterocycles. The molecule has 0 unspecified atom stereocenters. The van der Waals surface area contributed by atoms with Crippen molar-refractivity contribution in [1.82, 2.24) is 15.2 Å². The van der Waals surface area contributed by atoms with E-state index < -0.39 is 0 Å². The summed E-state index contributed by atoms with van der Waals surface area (Å²) in [6, 6.07) is 22.8. The van der Waals surface area contributed by atoms with E-state index in [0.717, 1.165) is 16.7 Å². The zero-order valence-electron chi connectivity index (χ0n) is 18.4. The molecule has 7 nitrogen and oxygen atoms in total. The predicted octanol–water partition coefficient (Wildman–Crippen LogP) is 5.61. The molecule has 1 amide bonds. The van der Waals surface area contributed by atoms with E-state index in [1.807, 2.05) is 35.7 Å². The van der Waals surface area contributed by atoms with Crippen molar-refractivity contribution in [3.05, 3.63) is 102 Å². The van der Waals surface area contributed by atoms with Crippen LogP contribution in [0.2, 0.25) is 0 Å². The van der Waals surface area contributed by atoms with E-state index in [0.29, 0.717) is 29.0 Å². The van der Waals surface area contributed by atoms with Gasteiger partial charge in [-0.25, -0.2) is 9.37 Å². The van der Waals surface area contributed by atoms with Crippen LogP contribution in [0.4, 0.5) is 9.52 Å². The number of carbonyl (C=O) groups excluding carboxylic acids is 1. The number of amides is 1. The third-order valence-corrected chi connectivity index (χ3v) is 6.03. The van der Waals surface area contributed by atoms with Crippen LogP contribution in [-0.2, 0) is 11.3 Å². The number of hydrogen-bond acceptors (Lipinski definition) is 7. The van der Waals surface area contributed by atoms with Gasteiger partial charge in [0, 0.05) is 16.5 Å². The molecular weight excluding hydrogens is 467 g/mol. The number of aromatic nitrogens is 3. The molecule has 0 atom stereocenters. The van der Waals surface area contributed by atoms with Crippen LogP contribution < -0.4 is 9.64 Å². The number of carbonyl (C=O) groups is 1. The maximum Gasteiger partial charge on any atom is 0.267 e. The van der Waals surface area contributed by atoms with Gasteiger partial charge in [-0.3, -0.25) is 9.69 Å². The van der Waals surface area contributed by atoms with Gasteiger partial charge in [-0.15, -0.1) is 21.5 Å². The number of rotatable bonds is 8. The summed E-state index contributed by atoms with van der Waals surface area (Å²) in [7, 11) is 0. The number of nitrogens with zero attached hydrogens (tertiary/aromatic N) is 4. The minimum absolute atomic E-state index is 0.168. The number of benzene rings is 3. The van der Waals surface area contributed by atoms with E-state index in [-0.39, 0.29) is 18.3 Å². The van der Waals surface area contributed by atoms with Crippen molar-refractivity contribution in [3.8, 4) is 28.5 Å². The number of thiazole rings is 1. The fraction of sp³-hybridized carbons (Fsp3) is 0.0769. The lowest BCUT2D eigenvalue weighted by Crippen LogP contribution is -2.34. The van der Waals surface area contributed by atoms with E-state index in [4.69, 9.17) is 9.15 Å². The zero-order valence-corrected chi connectivity index (χ0v) is 19.2. The lowest BCUT2D eigenvalue weighted by Gasteiger charge is -2.20. The van der Waals surface area contributed by atoms with E-state index in [9.17, 15) is 9.18 Å². The first-order chi connectivity index (χ1) is 17.2. The highest BCUT2D eigenvalue weighted by Crippen LogP contribution is 2.29. The molecule has 0 fully saturated rings. The summed E-state index contributed by atoms with van der Waals surface area (Å²) < 4.78 is 24.3. The highest BCUT2D eigenvalue weighted by Gasteiger charge is 2.21. The Morgan fingerprint density at radius 3 is 2.43 bits per heavy atom. The summed E-state index contributed by atoms with van der Waals surface area (Å²) in [5.74, 6) is 0.386. The minimum atomic E-state index is -0.313. The first-order valence-electron chi connectivity index (χ1n) is 10.7. The molecule has 0 aliphatic heterocycles. The topological polar surface area (TPSA) is 81.3 Å². The molecular formula is C26H19FN4O3S. The summed E-state index contributed by atoms with van der Waals surface area (Å²) in [6.07, 6.45) is 1.26. The molecule has 0 aliphatic rings. The van der Waals surface area contributed by atoms with Crippen molar-refractivity contribution in [2.75, 3.05) is 11.5 Å². The molecule has 9 heteroatoms. The average Bonchev–Trinajstić information content (AvgIpc) is 3.60. The summed E-state index contributed by atoms with van der Waals surface area (Å²) in [6.45, 7) is 0.174. The average molecular weight is 487 g/mol. The monoisotopic (exact) mass is 486 g/mol. The molecule has 5 aromatic rings. The molecule has 35 heavy (non-hydrogen) atoms. The second-order valence-electron chi connectivity index (χ2n) is 7.54. The molecule has 0 bridgehead atoms. The van der Waals surface area contributed by atoms with Gasteiger partial charge in [0.2, 0.25) is 12.3 Å².